The van der Waals surface area contributed by atoms with Gasteiger partial charge in [0, 0.05) is 5.25 Å². The highest BCUT2D eigenvalue weighted by molar-refractivity contribution is 8.01. The Hall–Kier alpha value is 0.350. The third-order valence-corrected chi connectivity index (χ3v) is 3.46. The van der Waals surface area contributed by atoms with Gasteiger partial charge in [0.15, 0.2) is 0 Å². The first kappa shape index (κ1) is 6.47. The highest BCUT2D eigenvalue weighted by Crippen LogP contribution is 2.38. The van der Waals surface area contributed by atoms with Gasteiger partial charge in [0.2, 0.25) is 0 Å². The first-order valence-corrected chi connectivity index (χ1v) is 4.38. The summed E-state index contributed by atoms with van der Waals surface area (Å²) in [6, 6.07) is 0. The van der Waals surface area contributed by atoms with Crippen molar-refractivity contribution in [2.24, 2.45) is 11.8 Å². The van der Waals surface area contributed by atoms with Gasteiger partial charge in [-0.15, -0.1) is 0 Å². The molecular formula is C7H14S. The van der Waals surface area contributed by atoms with E-state index in [9.17, 15) is 0 Å². The van der Waals surface area contributed by atoms with Crippen LogP contribution >= 0.6 is 11.8 Å². The van der Waals surface area contributed by atoms with Crippen LogP contribution in [0.1, 0.15) is 20.8 Å². The van der Waals surface area contributed by atoms with E-state index < -0.39 is 0 Å². The van der Waals surface area contributed by atoms with E-state index in [-0.39, 0.29) is 0 Å². The molecule has 0 amide bonds. The summed E-state index contributed by atoms with van der Waals surface area (Å²) in [6.07, 6.45) is 0. The van der Waals surface area contributed by atoms with Crippen molar-refractivity contribution in [3.8, 4) is 0 Å². The zero-order valence-electron chi connectivity index (χ0n) is 5.85. The van der Waals surface area contributed by atoms with Crippen molar-refractivity contribution in [2.75, 3.05) is 5.75 Å². The fourth-order valence-corrected chi connectivity index (χ4v) is 2.63. The van der Waals surface area contributed by atoms with Crippen LogP contribution in [0.2, 0.25) is 0 Å². The van der Waals surface area contributed by atoms with E-state index in [1.165, 1.54) is 5.75 Å². The second-order valence-electron chi connectivity index (χ2n) is 2.95. The van der Waals surface area contributed by atoms with Gasteiger partial charge in [-0.2, -0.15) is 11.8 Å². The molecule has 1 aliphatic rings. The van der Waals surface area contributed by atoms with Crippen molar-refractivity contribution < 1.29 is 0 Å². The first-order chi connectivity index (χ1) is 3.72. The summed E-state index contributed by atoms with van der Waals surface area (Å²) in [4.78, 5) is 0. The van der Waals surface area contributed by atoms with Gasteiger partial charge in [-0.1, -0.05) is 20.8 Å². The van der Waals surface area contributed by atoms with Gasteiger partial charge in [0.25, 0.3) is 0 Å². The predicted molar refractivity (Wildman–Crippen MR) is 40.2 cm³/mol. The summed E-state index contributed by atoms with van der Waals surface area (Å²) in [6.45, 7) is 6.97. The third-order valence-electron chi connectivity index (χ3n) is 2.01. The lowest BCUT2D eigenvalue weighted by atomic mass is 9.94. The molecule has 0 bridgehead atoms. The molecule has 1 rings (SSSR count). The highest BCUT2D eigenvalue weighted by Gasteiger charge is 2.29. The predicted octanol–water partition coefficient (Wildman–Crippen LogP) is 2.39. The van der Waals surface area contributed by atoms with Gasteiger partial charge in [0.05, 0.1) is 0 Å². The molecule has 0 aliphatic carbocycles. The van der Waals surface area contributed by atoms with Gasteiger partial charge in [-0.05, 0) is 17.6 Å². The molecule has 0 spiro atoms. The quantitative estimate of drug-likeness (QED) is 0.525. The molecule has 1 heterocycles. The number of hydrogen-bond acceptors (Lipinski definition) is 1. The van der Waals surface area contributed by atoms with E-state index in [4.69, 9.17) is 0 Å². The summed E-state index contributed by atoms with van der Waals surface area (Å²) in [5.41, 5.74) is 0. The molecule has 0 aromatic heterocycles. The van der Waals surface area contributed by atoms with Crippen molar-refractivity contribution in [2.45, 2.75) is 26.0 Å². The van der Waals surface area contributed by atoms with E-state index in [2.05, 4.69) is 32.5 Å². The Kier molecular flexibility index (Phi) is 1.86. The van der Waals surface area contributed by atoms with Crippen LogP contribution in [0.5, 0.6) is 0 Å². The van der Waals surface area contributed by atoms with Crippen LogP contribution < -0.4 is 0 Å². The summed E-state index contributed by atoms with van der Waals surface area (Å²) >= 11 is 2.10. The summed E-state index contributed by atoms with van der Waals surface area (Å²) in [5.74, 6) is 3.32. The van der Waals surface area contributed by atoms with Gasteiger partial charge < -0.3 is 0 Å². The normalized spacial score (nSPS) is 37.5. The molecule has 1 aliphatic heterocycles. The van der Waals surface area contributed by atoms with Crippen molar-refractivity contribution in [1.82, 2.24) is 0 Å². The van der Waals surface area contributed by atoms with Crippen LogP contribution in [-0.2, 0) is 0 Å². The molecule has 1 unspecified atom stereocenters. The largest absolute Gasteiger partial charge is 0.158 e. The van der Waals surface area contributed by atoms with Crippen molar-refractivity contribution in [3.05, 3.63) is 0 Å². The topological polar surface area (TPSA) is 0 Å². The lowest BCUT2D eigenvalue weighted by Gasteiger charge is -2.36. The maximum absolute atomic E-state index is 2.33. The van der Waals surface area contributed by atoms with E-state index >= 15 is 0 Å². The van der Waals surface area contributed by atoms with Crippen LogP contribution in [0.15, 0.2) is 0 Å². The summed E-state index contributed by atoms with van der Waals surface area (Å²) in [7, 11) is 0. The molecular weight excluding hydrogens is 116 g/mol. The molecule has 1 heteroatoms. The maximum atomic E-state index is 2.33. The Morgan fingerprint density at radius 2 is 2.12 bits per heavy atom. The van der Waals surface area contributed by atoms with Crippen molar-refractivity contribution in [1.29, 1.82) is 0 Å². The van der Waals surface area contributed by atoms with Gasteiger partial charge in [-0.3, -0.25) is 0 Å². The van der Waals surface area contributed by atoms with Gasteiger partial charge >= 0.3 is 0 Å². The number of hydrogen-bond donors (Lipinski definition) is 0. The van der Waals surface area contributed by atoms with E-state index in [1.807, 2.05) is 0 Å². The monoisotopic (exact) mass is 130 g/mol. The molecule has 1 fully saturated rings. The first-order valence-electron chi connectivity index (χ1n) is 3.33. The Labute approximate surface area is 56.0 Å². The second kappa shape index (κ2) is 2.30. The lowest BCUT2D eigenvalue weighted by molar-refractivity contribution is 0.400. The zero-order chi connectivity index (χ0) is 6.15. The Morgan fingerprint density at radius 1 is 1.50 bits per heavy atom. The van der Waals surface area contributed by atoms with Crippen molar-refractivity contribution in [3.63, 3.8) is 0 Å². The fraction of sp³-hybridized carbons (Fsp3) is 1.00. The van der Waals surface area contributed by atoms with Crippen LogP contribution in [-0.4, -0.2) is 11.0 Å². The van der Waals surface area contributed by atoms with Crippen LogP contribution in [0.3, 0.4) is 0 Å². The molecule has 2 atom stereocenters. The van der Waals surface area contributed by atoms with Gasteiger partial charge in [-0.25, -0.2) is 0 Å². The Bertz CT molecular complexity index is 73.7. The molecule has 0 N–H and O–H groups in total. The van der Waals surface area contributed by atoms with Crippen molar-refractivity contribution >= 4 is 11.8 Å². The average molecular weight is 130 g/mol. The van der Waals surface area contributed by atoms with E-state index in [0.29, 0.717) is 0 Å². The summed E-state index contributed by atoms with van der Waals surface area (Å²) in [5, 5.41) is 0.940. The number of thioether (sulfide) groups is 1. The van der Waals surface area contributed by atoms with E-state index in [1.54, 1.807) is 0 Å². The molecule has 1 saturated heterocycles. The SMILES string of the molecule is CC(C)C1CS[C@@H]1C. The van der Waals surface area contributed by atoms with Crippen LogP contribution in [0.25, 0.3) is 0 Å². The fourth-order valence-electron chi connectivity index (χ4n) is 1.13. The minimum Gasteiger partial charge on any atom is -0.158 e. The highest BCUT2D eigenvalue weighted by atomic mass is 32.2. The molecule has 48 valence electrons. The lowest BCUT2D eigenvalue weighted by Crippen LogP contribution is -2.31. The number of rotatable bonds is 1. The average Bonchev–Trinajstić information content (AvgIpc) is 1.61. The molecule has 0 radical (unpaired) electrons. The van der Waals surface area contributed by atoms with Crippen LogP contribution in [0.4, 0.5) is 0 Å². The van der Waals surface area contributed by atoms with E-state index in [0.717, 1.165) is 17.1 Å². The molecule has 0 aromatic rings. The Morgan fingerprint density at radius 3 is 2.12 bits per heavy atom. The standard InChI is InChI=1S/C7H14S/c1-5(2)7-4-8-6(7)3/h5-7H,4H2,1-3H3/t6-,7?/m1/s1. The Balaban J connectivity index is 2.26. The summed E-state index contributed by atoms with van der Waals surface area (Å²) < 4.78 is 0. The zero-order valence-corrected chi connectivity index (χ0v) is 6.66. The molecule has 0 nitrogen and oxygen atoms in total. The minimum absolute atomic E-state index is 0.909. The molecule has 0 saturated carbocycles. The smallest absolute Gasteiger partial charge is 0.00574 e. The minimum atomic E-state index is 0.909. The molecule has 8 heavy (non-hydrogen) atoms. The van der Waals surface area contributed by atoms with Gasteiger partial charge in [0.1, 0.15) is 0 Å². The second-order valence-corrected chi connectivity index (χ2v) is 4.36. The van der Waals surface area contributed by atoms with Crippen LogP contribution in [0, 0.1) is 11.8 Å². The maximum Gasteiger partial charge on any atom is 0.00574 e. The third kappa shape index (κ3) is 1.02. The molecule has 0 aromatic carbocycles.